The van der Waals surface area contributed by atoms with Gasteiger partial charge in [-0.3, -0.25) is 0 Å². The first-order valence-corrected chi connectivity index (χ1v) is 11.0. The lowest BCUT2D eigenvalue weighted by atomic mass is 10.1. The standard InChI is InChI=1S/C20H25ClN2O3S/c1-15(16-6-9-18(10-7-16)23-12-4-3-5-13-23)22-27(24,25)20-14-17(21)8-11-19(20)26-2/h6-11,14-15,22H,3-5,12-13H2,1-2H3/t15-/m0/s1. The highest BCUT2D eigenvalue weighted by molar-refractivity contribution is 7.89. The lowest BCUT2D eigenvalue weighted by Gasteiger charge is -2.29. The second-order valence-electron chi connectivity index (χ2n) is 6.78. The maximum absolute atomic E-state index is 12.8. The van der Waals surface area contributed by atoms with Gasteiger partial charge in [0.15, 0.2) is 0 Å². The largest absolute Gasteiger partial charge is 0.495 e. The molecule has 0 radical (unpaired) electrons. The van der Waals surface area contributed by atoms with Gasteiger partial charge in [-0.1, -0.05) is 23.7 Å². The Morgan fingerprint density at radius 3 is 2.37 bits per heavy atom. The van der Waals surface area contributed by atoms with Gasteiger partial charge in [-0.25, -0.2) is 13.1 Å². The van der Waals surface area contributed by atoms with Crippen molar-refractivity contribution in [1.82, 2.24) is 4.72 Å². The molecule has 0 aromatic heterocycles. The summed E-state index contributed by atoms with van der Waals surface area (Å²) in [6.07, 6.45) is 3.74. The summed E-state index contributed by atoms with van der Waals surface area (Å²) < 4.78 is 33.5. The van der Waals surface area contributed by atoms with Crippen LogP contribution in [0.3, 0.4) is 0 Å². The number of benzene rings is 2. The lowest BCUT2D eigenvalue weighted by molar-refractivity contribution is 0.402. The van der Waals surface area contributed by atoms with Crippen molar-refractivity contribution in [2.24, 2.45) is 0 Å². The van der Waals surface area contributed by atoms with Gasteiger partial charge in [0.1, 0.15) is 10.6 Å². The topological polar surface area (TPSA) is 58.6 Å². The number of halogens is 1. The molecule has 27 heavy (non-hydrogen) atoms. The van der Waals surface area contributed by atoms with E-state index >= 15 is 0 Å². The van der Waals surface area contributed by atoms with Crippen molar-refractivity contribution in [3.05, 3.63) is 53.1 Å². The lowest BCUT2D eigenvalue weighted by Crippen LogP contribution is -2.29. The van der Waals surface area contributed by atoms with E-state index in [0.717, 1.165) is 18.7 Å². The highest BCUT2D eigenvalue weighted by atomic mass is 35.5. The summed E-state index contributed by atoms with van der Waals surface area (Å²) >= 11 is 5.97. The molecule has 0 unspecified atom stereocenters. The van der Waals surface area contributed by atoms with E-state index in [9.17, 15) is 8.42 Å². The summed E-state index contributed by atoms with van der Waals surface area (Å²) in [4.78, 5) is 2.41. The van der Waals surface area contributed by atoms with Gasteiger partial charge in [0.05, 0.1) is 7.11 Å². The highest BCUT2D eigenvalue weighted by Gasteiger charge is 2.23. The Balaban J connectivity index is 1.76. The van der Waals surface area contributed by atoms with Crippen LogP contribution in [0.25, 0.3) is 0 Å². The molecule has 0 saturated carbocycles. The Bertz CT molecular complexity index is 879. The van der Waals surface area contributed by atoms with E-state index < -0.39 is 10.0 Å². The molecule has 1 atom stereocenters. The quantitative estimate of drug-likeness (QED) is 0.770. The van der Waals surface area contributed by atoms with Crippen molar-refractivity contribution >= 4 is 27.3 Å². The predicted octanol–water partition coefficient (Wildman–Crippen LogP) is 4.38. The average Bonchev–Trinajstić information content (AvgIpc) is 2.68. The van der Waals surface area contributed by atoms with Crippen LogP contribution in [0.2, 0.25) is 5.02 Å². The van der Waals surface area contributed by atoms with Gasteiger partial charge in [0.2, 0.25) is 10.0 Å². The van der Waals surface area contributed by atoms with Crippen molar-refractivity contribution in [2.75, 3.05) is 25.1 Å². The fraction of sp³-hybridized carbons (Fsp3) is 0.400. The third-order valence-electron chi connectivity index (χ3n) is 4.86. The van der Waals surface area contributed by atoms with Crippen LogP contribution in [-0.2, 0) is 10.0 Å². The molecule has 0 amide bonds. The van der Waals surface area contributed by atoms with E-state index in [1.54, 1.807) is 12.1 Å². The second-order valence-corrected chi connectivity index (χ2v) is 8.90. The molecule has 5 nitrogen and oxygen atoms in total. The first kappa shape index (κ1) is 20.0. The van der Waals surface area contributed by atoms with Crippen molar-refractivity contribution in [2.45, 2.75) is 37.1 Å². The van der Waals surface area contributed by atoms with Gasteiger partial charge in [0.25, 0.3) is 0 Å². The first-order chi connectivity index (χ1) is 12.9. The Hall–Kier alpha value is -1.76. The van der Waals surface area contributed by atoms with Crippen LogP contribution >= 0.6 is 11.6 Å². The maximum Gasteiger partial charge on any atom is 0.244 e. The molecule has 2 aromatic rings. The van der Waals surface area contributed by atoms with Crippen LogP contribution in [0.4, 0.5) is 5.69 Å². The zero-order chi connectivity index (χ0) is 19.4. The van der Waals surface area contributed by atoms with Crippen molar-refractivity contribution < 1.29 is 13.2 Å². The first-order valence-electron chi connectivity index (χ1n) is 9.11. The number of methoxy groups -OCH3 is 1. The molecule has 0 aliphatic carbocycles. The number of hydrogen-bond donors (Lipinski definition) is 1. The van der Waals surface area contributed by atoms with Crippen LogP contribution in [0.1, 0.15) is 37.8 Å². The van der Waals surface area contributed by atoms with Gasteiger partial charge in [-0.2, -0.15) is 0 Å². The Morgan fingerprint density at radius 2 is 1.74 bits per heavy atom. The summed E-state index contributed by atoms with van der Waals surface area (Å²) in [7, 11) is -2.34. The molecule has 0 bridgehead atoms. The summed E-state index contributed by atoms with van der Waals surface area (Å²) in [5, 5.41) is 0.342. The number of piperidine rings is 1. The zero-order valence-corrected chi connectivity index (χ0v) is 17.2. The minimum Gasteiger partial charge on any atom is -0.495 e. The Morgan fingerprint density at radius 1 is 1.07 bits per heavy atom. The van der Waals surface area contributed by atoms with Crippen molar-refractivity contribution in [3.8, 4) is 5.75 Å². The smallest absolute Gasteiger partial charge is 0.244 e. The summed E-state index contributed by atoms with van der Waals surface area (Å²) in [5.41, 5.74) is 2.09. The number of nitrogens with zero attached hydrogens (tertiary/aromatic N) is 1. The number of rotatable bonds is 6. The highest BCUT2D eigenvalue weighted by Crippen LogP contribution is 2.29. The number of anilines is 1. The minimum atomic E-state index is -3.77. The van der Waals surface area contributed by atoms with Gasteiger partial charge in [-0.15, -0.1) is 0 Å². The molecule has 1 aliphatic rings. The van der Waals surface area contributed by atoms with E-state index in [1.165, 1.54) is 38.1 Å². The third kappa shape index (κ3) is 4.75. The predicted molar refractivity (Wildman–Crippen MR) is 109 cm³/mol. The van der Waals surface area contributed by atoms with Crippen LogP contribution < -0.4 is 14.4 Å². The van der Waals surface area contributed by atoms with E-state index in [1.807, 2.05) is 19.1 Å². The third-order valence-corrected chi connectivity index (χ3v) is 6.66. The SMILES string of the molecule is COc1ccc(Cl)cc1S(=O)(=O)N[C@@H](C)c1ccc(N2CCCCC2)cc1. The number of ether oxygens (including phenoxy) is 1. The average molecular weight is 409 g/mol. The number of sulfonamides is 1. The van der Waals surface area contributed by atoms with Crippen molar-refractivity contribution in [3.63, 3.8) is 0 Å². The van der Waals surface area contributed by atoms with Gasteiger partial charge in [0, 0.05) is 29.8 Å². The van der Waals surface area contributed by atoms with E-state index in [2.05, 4.69) is 21.8 Å². The Kier molecular flexibility index (Phi) is 6.29. The second kappa shape index (κ2) is 8.50. The van der Waals surface area contributed by atoms with Crippen LogP contribution in [0, 0.1) is 0 Å². The van der Waals surface area contributed by atoms with E-state index in [4.69, 9.17) is 16.3 Å². The molecule has 2 aromatic carbocycles. The summed E-state index contributed by atoms with van der Waals surface area (Å²) in [6, 6.07) is 12.2. The molecule has 1 saturated heterocycles. The molecule has 1 fully saturated rings. The fourth-order valence-corrected chi connectivity index (χ4v) is 5.01. The van der Waals surface area contributed by atoms with Gasteiger partial charge < -0.3 is 9.64 Å². The van der Waals surface area contributed by atoms with Crippen LogP contribution in [0.5, 0.6) is 5.75 Å². The van der Waals surface area contributed by atoms with E-state index in [-0.39, 0.29) is 16.7 Å². The van der Waals surface area contributed by atoms with Crippen LogP contribution in [-0.4, -0.2) is 28.6 Å². The molecule has 1 aliphatic heterocycles. The minimum absolute atomic E-state index is 0.0364. The number of nitrogens with one attached hydrogen (secondary N) is 1. The molecule has 146 valence electrons. The summed E-state index contributed by atoms with van der Waals surface area (Å²) in [5.74, 6) is 0.263. The van der Waals surface area contributed by atoms with Gasteiger partial charge in [-0.05, 0) is 62.1 Å². The molecule has 7 heteroatoms. The molecular weight excluding hydrogens is 384 g/mol. The normalized spacial score (nSPS) is 16.2. The maximum atomic E-state index is 12.8. The zero-order valence-electron chi connectivity index (χ0n) is 15.6. The van der Waals surface area contributed by atoms with E-state index in [0.29, 0.717) is 5.02 Å². The van der Waals surface area contributed by atoms with Crippen LogP contribution in [0.15, 0.2) is 47.4 Å². The summed E-state index contributed by atoms with van der Waals surface area (Å²) in [6.45, 7) is 3.98. The molecule has 0 spiro atoms. The van der Waals surface area contributed by atoms with Gasteiger partial charge >= 0.3 is 0 Å². The molecular formula is C20H25ClN2O3S. The molecule has 1 heterocycles. The monoisotopic (exact) mass is 408 g/mol. The molecule has 1 N–H and O–H groups in total. The fourth-order valence-electron chi connectivity index (χ4n) is 3.35. The Labute approximate surface area is 166 Å². The van der Waals surface area contributed by atoms with Crippen molar-refractivity contribution in [1.29, 1.82) is 0 Å². The molecule has 3 rings (SSSR count). The number of hydrogen-bond acceptors (Lipinski definition) is 4.